The Kier molecular flexibility index (Phi) is 6.26. The van der Waals surface area contributed by atoms with Crippen molar-refractivity contribution in [1.82, 2.24) is 10.0 Å². The Balaban J connectivity index is 1.74. The third-order valence-corrected chi connectivity index (χ3v) is 6.49. The number of hydrogen-bond donors (Lipinski definition) is 2. The van der Waals surface area contributed by atoms with E-state index < -0.39 is 10.0 Å². The van der Waals surface area contributed by atoms with Crippen molar-refractivity contribution in [2.45, 2.75) is 24.8 Å². The molecule has 0 spiro atoms. The minimum atomic E-state index is -3.55. The van der Waals surface area contributed by atoms with Gasteiger partial charge < -0.3 is 14.8 Å². The molecule has 28 heavy (non-hydrogen) atoms. The van der Waals surface area contributed by atoms with Crippen molar-refractivity contribution in [2.24, 2.45) is 0 Å². The summed E-state index contributed by atoms with van der Waals surface area (Å²) in [6, 6.07) is 9.18. The molecule has 0 saturated carbocycles. The topological polar surface area (TPSA) is 93.7 Å². The molecule has 7 nitrogen and oxygen atoms in total. The molecule has 0 saturated heterocycles. The minimum absolute atomic E-state index is 0.119. The maximum Gasteiger partial charge on any atom is 0.251 e. The van der Waals surface area contributed by atoms with Crippen LogP contribution < -0.4 is 19.5 Å². The Labute approximate surface area is 172 Å². The number of halogens is 1. The average Bonchev–Trinajstić information content (AvgIpc) is 2.67. The predicted molar refractivity (Wildman–Crippen MR) is 108 cm³/mol. The molecule has 0 fully saturated rings. The summed E-state index contributed by atoms with van der Waals surface area (Å²) in [5, 5.41) is 2.91. The van der Waals surface area contributed by atoms with Gasteiger partial charge in [0.25, 0.3) is 5.91 Å². The van der Waals surface area contributed by atoms with E-state index in [0.29, 0.717) is 36.8 Å². The van der Waals surface area contributed by atoms with E-state index >= 15 is 0 Å². The molecule has 2 aromatic rings. The second kappa shape index (κ2) is 8.50. The van der Waals surface area contributed by atoms with E-state index in [-0.39, 0.29) is 16.8 Å². The number of carbonyl (C=O) groups excluding carboxylic acids is 1. The number of carbonyl (C=O) groups is 1. The van der Waals surface area contributed by atoms with Gasteiger partial charge in [0.15, 0.2) is 11.5 Å². The van der Waals surface area contributed by atoms with Crippen molar-refractivity contribution in [3.8, 4) is 11.5 Å². The number of nitrogens with one attached hydrogen (secondary N) is 2. The number of ether oxygens (including phenoxy) is 2. The maximum atomic E-state index is 12.6. The van der Waals surface area contributed by atoms with Gasteiger partial charge in [-0.15, -0.1) is 0 Å². The molecule has 9 heteroatoms. The lowest BCUT2D eigenvalue weighted by atomic mass is 10.1. The highest BCUT2D eigenvalue weighted by atomic mass is 79.9. The van der Waals surface area contributed by atoms with E-state index in [4.69, 9.17) is 9.47 Å². The summed E-state index contributed by atoms with van der Waals surface area (Å²) < 4.78 is 38.4. The zero-order chi connectivity index (χ0) is 20.3. The van der Waals surface area contributed by atoms with Gasteiger partial charge >= 0.3 is 0 Å². The molecule has 0 aromatic heterocycles. The summed E-state index contributed by atoms with van der Waals surface area (Å²) in [5.74, 6) is 1.00. The quantitative estimate of drug-likeness (QED) is 0.679. The lowest BCUT2D eigenvalue weighted by molar-refractivity contribution is 0.0939. The fraction of sp³-hybridized carbons (Fsp3) is 0.316. The number of amides is 1. The third kappa shape index (κ3) is 4.48. The molecule has 2 N–H and O–H groups in total. The van der Waals surface area contributed by atoms with Crippen molar-refractivity contribution >= 4 is 31.9 Å². The summed E-state index contributed by atoms with van der Waals surface area (Å²) in [6.45, 7) is 4.85. The number of sulfonamides is 1. The second-order valence-corrected chi connectivity index (χ2v) is 8.86. The molecular formula is C19H21BrN2O5S. The van der Waals surface area contributed by atoms with Crippen LogP contribution in [0, 0.1) is 0 Å². The first-order valence-corrected chi connectivity index (χ1v) is 11.1. The van der Waals surface area contributed by atoms with Gasteiger partial charge in [-0.25, -0.2) is 13.1 Å². The van der Waals surface area contributed by atoms with Crippen molar-refractivity contribution in [3.63, 3.8) is 0 Å². The fourth-order valence-electron chi connectivity index (χ4n) is 2.83. The summed E-state index contributed by atoms with van der Waals surface area (Å²) in [4.78, 5) is 12.7. The van der Waals surface area contributed by atoms with Crippen LogP contribution in [-0.4, -0.2) is 34.1 Å². The number of hydrogen-bond acceptors (Lipinski definition) is 5. The molecule has 150 valence electrons. The van der Waals surface area contributed by atoms with E-state index in [0.717, 1.165) is 10.0 Å². The van der Waals surface area contributed by atoms with Crippen LogP contribution >= 0.6 is 15.9 Å². The summed E-state index contributed by atoms with van der Waals surface area (Å²) in [7, 11) is -3.55. The number of benzene rings is 2. The van der Waals surface area contributed by atoms with Crippen LogP contribution in [0.1, 0.15) is 35.8 Å². The van der Waals surface area contributed by atoms with Crippen LogP contribution in [0.4, 0.5) is 0 Å². The molecule has 1 unspecified atom stereocenters. The third-order valence-electron chi connectivity index (χ3n) is 4.24. The van der Waals surface area contributed by atoms with Crippen molar-refractivity contribution < 1.29 is 22.7 Å². The molecule has 0 bridgehead atoms. The molecule has 1 heterocycles. The van der Waals surface area contributed by atoms with E-state index in [1.807, 2.05) is 19.1 Å². The highest BCUT2D eigenvalue weighted by Crippen LogP contribution is 2.37. The molecule has 1 aliphatic heterocycles. The van der Waals surface area contributed by atoms with Crippen LogP contribution in [0.15, 0.2) is 45.8 Å². The molecule has 1 aliphatic rings. The maximum absolute atomic E-state index is 12.6. The van der Waals surface area contributed by atoms with Crippen LogP contribution in [0.3, 0.4) is 0 Å². The smallest absolute Gasteiger partial charge is 0.251 e. The van der Waals surface area contributed by atoms with Gasteiger partial charge in [-0.1, -0.05) is 22.9 Å². The van der Waals surface area contributed by atoms with Crippen LogP contribution in [0.25, 0.3) is 0 Å². The highest BCUT2D eigenvalue weighted by Gasteiger charge is 2.20. The van der Waals surface area contributed by atoms with Gasteiger partial charge in [0.2, 0.25) is 10.0 Å². The highest BCUT2D eigenvalue weighted by molar-refractivity contribution is 9.10. The second-order valence-electron chi connectivity index (χ2n) is 6.24. The van der Waals surface area contributed by atoms with Gasteiger partial charge in [0.1, 0.15) is 13.2 Å². The summed E-state index contributed by atoms with van der Waals surface area (Å²) in [6.07, 6.45) is 0. The SMILES string of the molecule is CCNS(=O)(=O)c1ccc(C(=O)NC(C)c2cc3c(cc2Br)OCCO3)cc1. The summed E-state index contributed by atoms with van der Waals surface area (Å²) in [5.41, 5.74) is 1.22. The van der Waals surface area contributed by atoms with Crippen molar-refractivity contribution in [1.29, 1.82) is 0 Å². The Morgan fingerprint density at radius 3 is 2.36 bits per heavy atom. The fourth-order valence-corrected chi connectivity index (χ4v) is 4.53. The minimum Gasteiger partial charge on any atom is -0.486 e. The molecule has 2 aromatic carbocycles. The first kappa shape index (κ1) is 20.6. The van der Waals surface area contributed by atoms with Crippen LogP contribution in [0.2, 0.25) is 0 Å². The van der Waals surface area contributed by atoms with Gasteiger partial charge in [-0.2, -0.15) is 0 Å². The van der Waals surface area contributed by atoms with Crippen molar-refractivity contribution in [2.75, 3.05) is 19.8 Å². The summed E-state index contributed by atoms with van der Waals surface area (Å²) >= 11 is 3.51. The Morgan fingerprint density at radius 2 is 1.75 bits per heavy atom. The molecule has 0 radical (unpaired) electrons. The Hall–Kier alpha value is -2.10. The van der Waals surface area contributed by atoms with Gasteiger partial charge in [-0.05, 0) is 48.9 Å². The molecule has 3 rings (SSSR count). The molecule has 1 amide bonds. The predicted octanol–water partition coefficient (Wildman–Crippen LogP) is 3.01. The molecule has 1 atom stereocenters. The lowest BCUT2D eigenvalue weighted by Gasteiger charge is -2.22. The van der Waals surface area contributed by atoms with E-state index in [9.17, 15) is 13.2 Å². The first-order valence-electron chi connectivity index (χ1n) is 8.81. The number of fused-ring (bicyclic) bond motifs is 1. The van der Waals surface area contributed by atoms with Gasteiger partial charge in [0.05, 0.1) is 10.9 Å². The molecular weight excluding hydrogens is 448 g/mol. The van der Waals surface area contributed by atoms with E-state index in [2.05, 4.69) is 26.0 Å². The van der Waals surface area contributed by atoms with E-state index in [1.165, 1.54) is 24.3 Å². The van der Waals surface area contributed by atoms with Gasteiger partial charge in [-0.3, -0.25) is 4.79 Å². The lowest BCUT2D eigenvalue weighted by Crippen LogP contribution is -2.27. The van der Waals surface area contributed by atoms with Crippen molar-refractivity contribution in [3.05, 3.63) is 52.0 Å². The largest absolute Gasteiger partial charge is 0.486 e. The van der Waals surface area contributed by atoms with Crippen LogP contribution in [-0.2, 0) is 10.0 Å². The van der Waals surface area contributed by atoms with Gasteiger partial charge in [0, 0.05) is 16.6 Å². The zero-order valence-corrected chi connectivity index (χ0v) is 17.9. The number of rotatable bonds is 6. The normalized spacial score (nSPS) is 14.4. The van der Waals surface area contributed by atoms with Crippen LogP contribution in [0.5, 0.6) is 11.5 Å². The first-order chi connectivity index (χ1) is 13.3. The Bertz CT molecular complexity index is 977. The average molecular weight is 469 g/mol. The zero-order valence-electron chi connectivity index (χ0n) is 15.5. The Morgan fingerprint density at radius 1 is 1.14 bits per heavy atom. The molecule has 0 aliphatic carbocycles. The van der Waals surface area contributed by atoms with E-state index in [1.54, 1.807) is 6.92 Å². The standard InChI is InChI=1S/C19H21BrN2O5S/c1-3-21-28(24,25)14-6-4-13(5-7-14)19(23)22-12(2)15-10-17-18(11-16(15)20)27-9-8-26-17/h4-7,10-12,21H,3,8-9H2,1-2H3,(H,22,23). The monoisotopic (exact) mass is 468 g/mol.